The van der Waals surface area contributed by atoms with Crippen LogP contribution >= 0.6 is 11.3 Å². The first kappa shape index (κ1) is 13.1. The standard InChI is InChI=1S/C19H21NS/c1-11-7-8-12(2)18-17(11)14-5-4-6-15(14)19(20-18)16-10-9-13(3)21-16/h4-5,7-10,14-15,19-20H,6H2,1-3H3. The van der Waals surface area contributed by atoms with Gasteiger partial charge in [0.05, 0.1) is 6.04 Å². The van der Waals surface area contributed by atoms with Crippen LogP contribution in [0.5, 0.6) is 0 Å². The molecule has 21 heavy (non-hydrogen) atoms. The van der Waals surface area contributed by atoms with Gasteiger partial charge in [-0.2, -0.15) is 0 Å². The van der Waals surface area contributed by atoms with Gasteiger partial charge in [0.25, 0.3) is 0 Å². The predicted molar refractivity (Wildman–Crippen MR) is 91.3 cm³/mol. The molecule has 1 aromatic carbocycles. The molecule has 3 unspecified atom stereocenters. The maximum absolute atomic E-state index is 3.88. The molecule has 0 saturated carbocycles. The molecule has 1 aliphatic heterocycles. The van der Waals surface area contributed by atoms with Gasteiger partial charge in [0.2, 0.25) is 0 Å². The van der Waals surface area contributed by atoms with Crippen LogP contribution in [0.4, 0.5) is 5.69 Å². The Bertz CT molecular complexity index is 725. The van der Waals surface area contributed by atoms with Crippen molar-refractivity contribution in [2.45, 2.75) is 39.2 Å². The third-order valence-electron chi connectivity index (χ3n) is 5.01. The fraction of sp³-hybridized carbons (Fsp3) is 0.368. The molecule has 0 amide bonds. The molecule has 108 valence electrons. The molecule has 0 saturated heterocycles. The number of anilines is 1. The minimum Gasteiger partial charge on any atom is -0.377 e. The van der Waals surface area contributed by atoms with E-state index in [1.165, 1.54) is 38.6 Å². The van der Waals surface area contributed by atoms with Gasteiger partial charge in [-0.1, -0.05) is 24.3 Å². The van der Waals surface area contributed by atoms with Gasteiger partial charge in [-0.25, -0.2) is 0 Å². The Balaban J connectivity index is 1.86. The van der Waals surface area contributed by atoms with E-state index in [0.29, 0.717) is 17.9 Å². The van der Waals surface area contributed by atoms with E-state index in [-0.39, 0.29) is 0 Å². The summed E-state index contributed by atoms with van der Waals surface area (Å²) in [6.45, 7) is 6.67. The van der Waals surface area contributed by atoms with Crippen molar-refractivity contribution in [2.75, 3.05) is 5.32 Å². The number of allylic oxidation sites excluding steroid dienone is 2. The van der Waals surface area contributed by atoms with Crippen LogP contribution in [-0.4, -0.2) is 0 Å². The van der Waals surface area contributed by atoms with Gasteiger partial charge in [-0.15, -0.1) is 11.3 Å². The van der Waals surface area contributed by atoms with Crippen molar-refractivity contribution in [3.63, 3.8) is 0 Å². The number of hydrogen-bond donors (Lipinski definition) is 1. The number of thiophene rings is 1. The highest BCUT2D eigenvalue weighted by Gasteiger charge is 2.39. The topological polar surface area (TPSA) is 12.0 Å². The van der Waals surface area contributed by atoms with Gasteiger partial charge in [-0.05, 0) is 61.9 Å². The normalized spacial score (nSPS) is 26.3. The monoisotopic (exact) mass is 295 g/mol. The first-order valence-electron chi connectivity index (χ1n) is 7.75. The average Bonchev–Trinajstić information content (AvgIpc) is 3.10. The Morgan fingerprint density at radius 2 is 1.86 bits per heavy atom. The van der Waals surface area contributed by atoms with Crippen molar-refractivity contribution in [3.05, 3.63) is 62.9 Å². The lowest BCUT2D eigenvalue weighted by molar-refractivity contribution is 0.428. The summed E-state index contributed by atoms with van der Waals surface area (Å²) in [7, 11) is 0. The lowest BCUT2D eigenvalue weighted by atomic mass is 9.76. The molecule has 1 nitrogen and oxygen atoms in total. The number of hydrogen-bond acceptors (Lipinski definition) is 2. The highest BCUT2D eigenvalue weighted by atomic mass is 32.1. The molecule has 4 rings (SSSR count). The first-order chi connectivity index (χ1) is 10.1. The van der Waals surface area contributed by atoms with E-state index in [4.69, 9.17) is 0 Å². The summed E-state index contributed by atoms with van der Waals surface area (Å²) >= 11 is 1.94. The van der Waals surface area contributed by atoms with Gasteiger partial charge in [-0.3, -0.25) is 0 Å². The molecule has 2 heteroatoms. The fourth-order valence-corrected chi connectivity index (χ4v) is 4.95. The van der Waals surface area contributed by atoms with Crippen LogP contribution in [0.1, 0.15) is 44.8 Å². The number of rotatable bonds is 1. The Labute approximate surface area is 130 Å². The van der Waals surface area contributed by atoms with Crippen LogP contribution in [0.3, 0.4) is 0 Å². The second kappa shape index (κ2) is 4.74. The number of fused-ring (bicyclic) bond motifs is 3. The SMILES string of the molecule is Cc1ccc(C2Nc3c(C)ccc(C)c3C3C=CCC32)s1. The van der Waals surface area contributed by atoms with Crippen LogP contribution in [0.2, 0.25) is 0 Å². The molecule has 2 heterocycles. The smallest absolute Gasteiger partial charge is 0.0646 e. The molecule has 0 radical (unpaired) electrons. The maximum Gasteiger partial charge on any atom is 0.0646 e. The van der Waals surface area contributed by atoms with Gasteiger partial charge in [0.1, 0.15) is 0 Å². The second-order valence-electron chi connectivity index (χ2n) is 6.41. The summed E-state index contributed by atoms with van der Waals surface area (Å²) in [6.07, 6.45) is 6.00. The van der Waals surface area contributed by atoms with E-state index in [9.17, 15) is 0 Å². The molecule has 2 aromatic rings. The molecule has 1 N–H and O–H groups in total. The third kappa shape index (κ3) is 1.96. The van der Waals surface area contributed by atoms with Gasteiger partial charge in [0.15, 0.2) is 0 Å². The van der Waals surface area contributed by atoms with Crippen LogP contribution in [0.25, 0.3) is 0 Å². The van der Waals surface area contributed by atoms with E-state index in [2.05, 4.69) is 62.5 Å². The summed E-state index contributed by atoms with van der Waals surface area (Å²) in [6, 6.07) is 9.53. The molecule has 3 atom stereocenters. The molecule has 1 aliphatic carbocycles. The van der Waals surface area contributed by atoms with Gasteiger partial charge >= 0.3 is 0 Å². The Kier molecular flexibility index (Phi) is 2.97. The summed E-state index contributed by atoms with van der Waals surface area (Å²) in [5.74, 6) is 1.24. The largest absolute Gasteiger partial charge is 0.377 e. The number of nitrogens with one attached hydrogen (secondary N) is 1. The molecule has 1 aromatic heterocycles. The lowest BCUT2D eigenvalue weighted by Crippen LogP contribution is -2.29. The zero-order valence-corrected chi connectivity index (χ0v) is 13.6. The van der Waals surface area contributed by atoms with Crippen LogP contribution in [-0.2, 0) is 0 Å². The highest BCUT2D eigenvalue weighted by Crippen LogP contribution is 2.52. The van der Waals surface area contributed by atoms with Crippen molar-refractivity contribution >= 4 is 17.0 Å². The van der Waals surface area contributed by atoms with E-state index in [1.54, 1.807) is 0 Å². The third-order valence-corrected chi connectivity index (χ3v) is 6.10. The van der Waals surface area contributed by atoms with Crippen molar-refractivity contribution in [3.8, 4) is 0 Å². The van der Waals surface area contributed by atoms with Crippen molar-refractivity contribution in [1.82, 2.24) is 0 Å². The molecule has 0 spiro atoms. The quantitative estimate of drug-likeness (QED) is 0.685. The van der Waals surface area contributed by atoms with E-state index >= 15 is 0 Å². The molecule has 0 fully saturated rings. The van der Waals surface area contributed by atoms with Crippen LogP contribution < -0.4 is 5.32 Å². The maximum atomic E-state index is 3.88. The molecule has 0 bridgehead atoms. The minimum atomic E-state index is 0.455. The second-order valence-corrected chi connectivity index (χ2v) is 7.73. The summed E-state index contributed by atoms with van der Waals surface area (Å²) in [5.41, 5.74) is 5.69. The van der Waals surface area contributed by atoms with Crippen molar-refractivity contribution in [1.29, 1.82) is 0 Å². The van der Waals surface area contributed by atoms with Gasteiger partial charge in [0, 0.05) is 21.4 Å². The van der Waals surface area contributed by atoms with Gasteiger partial charge < -0.3 is 5.32 Å². The zero-order valence-electron chi connectivity index (χ0n) is 12.8. The minimum absolute atomic E-state index is 0.455. The fourth-order valence-electron chi connectivity index (χ4n) is 3.94. The van der Waals surface area contributed by atoms with Crippen LogP contribution in [0, 0.1) is 26.7 Å². The van der Waals surface area contributed by atoms with E-state index < -0.39 is 0 Å². The Morgan fingerprint density at radius 3 is 2.62 bits per heavy atom. The number of aryl methyl sites for hydroxylation is 3. The van der Waals surface area contributed by atoms with Crippen LogP contribution in [0.15, 0.2) is 36.4 Å². The molecular formula is C19H21NS. The van der Waals surface area contributed by atoms with E-state index in [1.807, 2.05) is 11.3 Å². The summed E-state index contributed by atoms with van der Waals surface area (Å²) in [4.78, 5) is 2.89. The highest BCUT2D eigenvalue weighted by molar-refractivity contribution is 7.12. The number of benzene rings is 1. The average molecular weight is 295 g/mol. The Hall–Kier alpha value is -1.54. The predicted octanol–water partition coefficient (Wildman–Crippen LogP) is 5.50. The zero-order chi connectivity index (χ0) is 14.6. The van der Waals surface area contributed by atoms with Crippen molar-refractivity contribution in [2.24, 2.45) is 5.92 Å². The molecular weight excluding hydrogens is 274 g/mol. The van der Waals surface area contributed by atoms with E-state index in [0.717, 1.165) is 0 Å². The summed E-state index contributed by atoms with van der Waals surface area (Å²) in [5, 5.41) is 3.88. The molecule has 2 aliphatic rings. The summed E-state index contributed by atoms with van der Waals surface area (Å²) < 4.78 is 0. The Morgan fingerprint density at radius 1 is 1.05 bits per heavy atom. The first-order valence-corrected chi connectivity index (χ1v) is 8.56. The lowest BCUT2D eigenvalue weighted by Gasteiger charge is -2.38. The van der Waals surface area contributed by atoms with Crippen molar-refractivity contribution < 1.29 is 0 Å².